The molecule has 0 bridgehead atoms. The number of alkyl carbamates (subject to hydrolysis) is 1. The SMILES string of the molecule is CC[C@H](C)[C@H](NC(=O)OC(C)(C)C)C(=O)N[C@H](CC(C)C)C(=O)N[C@H](CC(C)C)C(=O)OCc1ccccc1. The molecule has 0 aliphatic heterocycles. The Labute approximate surface area is 234 Å². The van der Waals surface area contributed by atoms with E-state index in [1.807, 2.05) is 71.9 Å². The highest BCUT2D eigenvalue weighted by atomic mass is 16.6. The molecular formula is C30H49N3O6. The molecule has 0 unspecified atom stereocenters. The highest BCUT2D eigenvalue weighted by molar-refractivity contribution is 5.93. The van der Waals surface area contributed by atoms with Crippen molar-refractivity contribution >= 4 is 23.9 Å². The summed E-state index contributed by atoms with van der Waals surface area (Å²) in [6.45, 7) is 16.9. The van der Waals surface area contributed by atoms with Gasteiger partial charge in [-0.2, -0.15) is 0 Å². The standard InChI is InChI=1S/C30H49N3O6/c1-10-21(6)25(33-29(37)39-30(7,8)9)27(35)31-23(16-19(2)3)26(34)32-24(17-20(4)5)28(36)38-18-22-14-12-11-13-15-22/h11-15,19-21,23-25H,10,16-18H2,1-9H3,(H,31,35)(H,32,34)(H,33,37)/t21-,23+,24+,25-/m0/s1. The van der Waals surface area contributed by atoms with E-state index in [2.05, 4.69) is 16.0 Å². The van der Waals surface area contributed by atoms with E-state index in [9.17, 15) is 19.2 Å². The van der Waals surface area contributed by atoms with Gasteiger partial charge in [-0.1, -0.05) is 78.3 Å². The zero-order chi connectivity index (χ0) is 29.8. The molecule has 0 radical (unpaired) electrons. The lowest BCUT2D eigenvalue weighted by Crippen LogP contribution is -2.57. The second-order valence-electron chi connectivity index (χ2n) is 12.0. The first-order valence-corrected chi connectivity index (χ1v) is 13.9. The molecule has 39 heavy (non-hydrogen) atoms. The smallest absolute Gasteiger partial charge is 0.408 e. The van der Waals surface area contributed by atoms with Gasteiger partial charge in [0, 0.05) is 0 Å². The summed E-state index contributed by atoms with van der Waals surface area (Å²) in [4.78, 5) is 52.1. The molecule has 0 heterocycles. The topological polar surface area (TPSA) is 123 Å². The highest BCUT2D eigenvalue weighted by Gasteiger charge is 2.33. The lowest BCUT2D eigenvalue weighted by atomic mass is 9.96. The van der Waals surface area contributed by atoms with Crippen molar-refractivity contribution in [3.8, 4) is 0 Å². The minimum absolute atomic E-state index is 0.0792. The zero-order valence-corrected chi connectivity index (χ0v) is 25.1. The molecule has 1 aromatic carbocycles. The van der Waals surface area contributed by atoms with Crippen LogP contribution in [0, 0.1) is 17.8 Å². The van der Waals surface area contributed by atoms with Crippen LogP contribution in [0.2, 0.25) is 0 Å². The van der Waals surface area contributed by atoms with Crippen LogP contribution in [0.25, 0.3) is 0 Å². The average Bonchev–Trinajstić information content (AvgIpc) is 2.83. The van der Waals surface area contributed by atoms with Crippen molar-refractivity contribution in [1.82, 2.24) is 16.0 Å². The molecule has 220 valence electrons. The molecule has 9 nitrogen and oxygen atoms in total. The number of carbonyl (C=O) groups is 4. The van der Waals surface area contributed by atoms with E-state index in [-0.39, 0.29) is 24.4 Å². The van der Waals surface area contributed by atoms with Gasteiger partial charge in [0.05, 0.1) is 0 Å². The second-order valence-corrected chi connectivity index (χ2v) is 12.0. The Morgan fingerprint density at radius 1 is 0.795 bits per heavy atom. The predicted octanol–water partition coefficient (Wildman–Crippen LogP) is 4.73. The first-order valence-electron chi connectivity index (χ1n) is 13.9. The molecule has 1 aromatic rings. The van der Waals surface area contributed by atoms with E-state index < -0.39 is 47.6 Å². The van der Waals surface area contributed by atoms with Crippen molar-refractivity contribution in [1.29, 1.82) is 0 Å². The van der Waals surface area contributed by atoms with Gasteiger partial charge in [0.2, 0.25) is 11.8 Å². The fraction of sp³-hybridized carbons (Fsp3) is 0.667. The number of amides is 3. The number of hydrogen-bond donors (Lipinski definition) is 3. The Morgan fingerprint density at radius 3 is 1.85 bits per heavy atom. The van der Waals surface area contributed by atoms with Crippen LogP contribution in [-0.4, -0.2) is 47.6 Å². The largest absolute Gasteiger partial charge is 0.459 e. The normalized spacial score (nSPS) is 14.6. The third kappa shape index (κ3) is 13.5. The Balaban J connectivity index is 3.02. The van der Waals surface area contributed by atoms with Crippen molar-refractivity contribution in [2.24, 2.45) is 17.8 Å². The van der Waals surface area contributed by atoms with Gasteiger partial charge in [0.1, 0.15) is 30.3 Å². The molecule has 3 amide bonds. The maximum atomic E-state index is 13.4. The van der Waals surface area contributed by atoms with Gasteiger partial charge in [-0.05, 0) is 56.9 Å². The summed E-state index contributed by atoms with van der Waals surface area (Å²) < 4.78 is 10.8. The van der Waals surface area contributed by atoms with Crippen LogP contribution in [0.5, 0.6) is 0 Å². The number of esters is 1. The number of rotatable bonds is 14. The second kappa shape index (κ2) is 16.1. The number of benzene rings is 1. The van der Waals surface area contributed by atoms with E-state index >= 15 is 0 Å². The maximum absolute atomic E-state index is 13.4. The van der Waals surface area contributed by atoms with Crippen molar-refractivity contribution in [2.45, 2.75) is 112 Å². The molecule has 0 saturated heterocycles. The van der Waals surface area contributed by atoms with Crippen LogP contribution in [-0.2, 0) is 30.5 Å². The van der Waals surface area contributed by atoms with Gasteiger partial charge in [0.25, 0.3) is 0 Å². The Hall–Kier alpha value is -3.10. The van der Waals surface area contributed by atoms with Crippen molar-refractivity contribution in [2.75, 3.05) is 0 Å². The van der Waals surface area contributed by atoms with Crippen molar-refractivity contribution < 1.29 is 28.7 Å². The van der Waals surface area contributed by atoms with Crippen LogP contribution in [0.1, 0.15) is 87.1 Å². The van der Waals surface area contributed by atoms with E-state index in [0.717, 1.165) is 5.56 Å². The van der Waals surface area contributed by atoms with E-state index in [0.29, 0.717) is 19.3 Å². The summed E-state index contributed by atoms with van der Waals surface area (Å²) in [5.74, 6) is -1.50. The number of hydrogen-bond acceptors (Lipinski definition) is 6. The molecule has 0 aliphatic rings. The van der Waals surface area contributed by atoms with Crippen molar-refractivity contribution in [3.05, 3.63) is 35.9 Å². The fourth-order valence-electron chi connectivity index (χ4n) is 3.89. The quantitative estimate of drug-likeness (QED) is 0.289. The monoisotopic (exact) mass is 547 g/mol. The van der Waals surface area contributed by atoms with Gasteiger partial charge in [-0.3, -0.25) is 9.59 Å². The van der Waals surface area contributed by atoms with Gasteiger partial charge in [-0.25, -0.2) is 9.59 Å². The van der Waals surface area contributed by atoms with Crippen LogP contribution in [0.3, 0.4) is 0 Å². The molecule has 0 spiro atoms. The van der Waals surface area contributed by atoms with E-state index in [4.69, 9.17) is 9.47 Å². The molecule has 0 aromatic heterocycles. The highest BCUT2D eigenvalue weighted by Crippen LogP contribution is 2.14. The molecule has 0 aliphatic carbocycles. The minimum Gasteiger partial charge on any atom is -0.459 e. The van der Waals surface area contributed by atoms with Crippen LogP contribution in [0.15, 0.2) is 30.3 Å². The van der Waals surface area contributed by atoms with Gasteiger partial charge >= 0.3 is 12.1 Å². The summed E-state index contributed by atoms with van der Waals surface area (Å²) in [7, 11) is 0. The lowest BCUT2D eigenvalue weighted by Gasteiger charge is -2.29. The van der Waals surface area contributed by atoms with Crippen LogP contribution < -0.4 is 16.0 Å². The summed E-state index contributed by atoms with van der Waals surface area (Å²) in [6.07, 6.45) is 0.659. The maximum Gasteiger partial charge on any atom is 0.408 e. The zero-order valence-electron chi connectivity index (χ0n) is 25.1. The Morgan fingerprint density at radius 2 is 1.33 bits per heavy atom. The third-order valence-corrected chi connectivity index (χ3v) is 6.04. The summed E-state index contributed by atoms with van der Waals surface area (Å²) in [5.41, 5.74) is 0.125. The van der Waals surface area contributed by atoms with E-state index in [1.165, 1.54) is 0 Å². The number of carbonyl (C=O) groups excluding carboxylic acids is 4. The third-order valence-electron chi connectivity index (χ3n) is 6.04. The summed E-state index contributed by atoms with van der Waals surface area (Å²) in [6, 6.07) is 6.66. The first-order chi connectivity index (χ1) is 18.1. The summed E-state index contributed by atoms with van der Waals surface area (Å²) >= 11 is 0. The summed E-state index contributed by atoms with van der Waals surface area (Å²) in [5, 5.41) is 8.28. The van der Waals surface area contributed by atoms with Crippen molar-refractivity contribution in [3.63, 3.8) is 0 Å². The first kappa shape index (κ1) is 33.9. The molecule has 0 saturated carbocycles. The molecular weight excluding hydrogens is 498 g/mol. The Kier molecular flexibility index (Phi) is 14.0. The number of nitrogens with one attached hydrogen (secondary N) is 3. The van der Waals surface area contributed by atoms with Crippen LogP contribution >= 0.6 is 0 Å². The molecule has 9 heteroatoms. The minimum atomic E-state index is -0.902. The number of ether oxygens (including phenoxy) is 2. The predicted molar refractivity (Wildman–Crippen MR) is 152 cm³/mol. The lowest BCUT2D eigenvalue weighted by molar-refractivity contribution is -0.150. The molecule has 3 N–H and O–H groups in total. The average molecular weight is 548 g/mol. The Bertz CT molecular complexity index is 926. The molecule has 0 fully saturated rings. The fourth-order valence-corrected chi connectivity index (χ4v) is 3.89. The van der Waals surface area contributed by atoms with Gasteiger partial charge in [0.15, 0.2) is 0 Å². The molecule has 1 rings (SSSR count). The van der Waals surface area contributed by atoms with Gasteiger partial charge in [-0.15, -0.1) is 0 Å². The molecule has 4 atom stereocenters. The van der Waals surface area contributed by atoms with Gasteiger partial charge < -0.3 is 25.4 Å². The van der Waals surface area contributed by atoms with Crippen LogP contribution in [0.4, 0.5) is 4.79 Å². The van der Waals surface area contributed by atoms with E-state index in [1.54, 1.807) is 20.8 Å².